The molecule has 3 heteroatoms. The third-order valence-corrected chi connectivity index (χ3v) is 4.00. The maximum Gasteiger partial charge on any atom is 0.215 e. The number of fused-ring (bicyclic) bond motifs is 1. The Bertz CT molecular complexity index is 575. The summed E-state index contributed by atoms with van der Waals surface area (Å²) < 4.78 is 5.90. The molecule has 0 bridgehead atoms. The molecule has 2 atom stereocenters. The van der Waals surface area contributed by atoms with Crippen LogP contribution in [0.15, 0.2) is 22.6 Å². The molecular weight excluding hydrogens is 224 g/mol. The van der Waals surface area contributed by atoms with Crippen LogP contribution in [0.3, 0.4) is 0 Å². The lowest BCUT2D eigenvalue weighted by Crippen LogP contribution is -2.41. The van der Waals surface area contributed by atoms with Crippen LogP contribution in [0.1, 0.15) is 44.1 Å². The third-order valence-electron chi connectivity index (χ3n) is 4.00. The highest BCUT2D eigenvalue weighted by atomic mass is 16.4. The van der Waals surface area contributed by atoms with Crippen molar-refractivity contribution in [1.82, 2.24) is 4.98 Å². The van der Waals surface area contributed by atoms with Crippen molar-refractivity contribution in [3.05, 3.63) is 29.7 Å². The van der Waals surface area contributed by atoms with Crippen LogP contribution in [0.4, 0.5) is 0 Å². The van der Waals surface area contributed by atoms with Gasteiger partial charge in [-0.3, -0.25) is 0 Å². The van der Waals surface area contributed by atoms with Crippen LogP contribution in [-0.4, -0.2) is 4.98 Å². The first-order valence-corrected chi connectivity index (χ1v) is 6.73. The fourth-order valence-corrected chi connectivity index (χ4v) is 3.03. The number of hydrogen-bond donors (Lipinski definition) is 1. The molecule has 2 aromatic rings. The SMILES string of the molecule is Cc1ccc2nc(C3(N)CCCC(C)C3)oc2c1. The summed E-state index contributed by atoms with van der Waals surface area (Å²) in [5.41, 5.74) is 9.10. The minimum Gasteiger partial charge on any atom is -0.439 e. The van der Waals surface area contributed by atoms with Gasteiger partial charge in [-0.1, -0.05) is 25.8 Å². The Labute approximate surface area is 107 Å². The second-order valence-electron chi connectivity index (χ2n) is 5.85. The molecule has 3 rings (SSSR count). The van der Waals surface area contributed by atoms with Gasteiger partial charge < -0.3 is 10.2 Å². The summed E-state index contributed by atoms with van der Waals surface area (Å²) in [5.74, 6) is 1.37. The summed E-state index contributed by atoms with van der Waals surface area (Å²) in [6.45, 7) is 4.32. The van der Waals surface area contributed by atoms with Gasteiger partial charge in [0.2, 0.25) is 5.89 Å². The highest BCUT2D eigenvalue weighted by Crippen LogP contribution is 2.38. The van der Waals surface area contributed by atoms with E-state index in [1.54, 1.807) is 0 Å². The topological polar surface area (TPSA) is 52.0 Å². The predicted octanol–water partition coefficient (Wildman–Crippen LogP) is 3.50. The summed E-state index contributed by atoms with van der Waals surface area (Å²) in [6.07, 6.45) is 4.37. The number of benzene rings is 1. The molecule has 0 radical (unpaired) electrons. The second-order valence-corrected chi connectivity index (χ2v) is 5.85. The lowest BCUT2D eigenvalue weighted by molar-refractivity contribution is 0.201. The smallest absolute Gasteiger partial charge is 0.215 e. The van der Waals surface area contributed by atoms with Crippen LogP contribution in [0.2, 0.25) is 0 Å². The third kappa shape index (κ3) is 1.93. The van der Waals surface area contributed by atoms with Crippen LogP contribution in [0.25, 0.3) is 11.1 Å². The molecule has 1 fully saturated rings. The number of oxazole rings is 1. The summed E-state index contributed by atoms with van der Waals surface area (Å²) in [6, 6.07) is 6.09. The average Bonchev–Trinajstić information content (AvgIpc) is 2.72. The zero-order chi connectivity index (χ0) is 12.8. The van der Waals surface area contributed by atoms with Gasteiger partial charge in [-0.2, -0.15) is 0 Å². The monoisotopic (exact) mass is 244 g/mol. The molecule has 1 aliphatic rings. The van der Waals surface area contributed by atoms with Gasteiger partial charge in [-0.25, -0.2) is 4.98 Å². The van der Waals surface area contributed by atoms with Crippen molar-refractivity contribution in [2.24, 2.45) is 11.7 Å². The lowest BCUT2D eigenvalue weighted by atomic mass is 9.77. The molecule has 96 valence electrons. The first-order valence-electron chi connectivity index (χ1n) is 6.73. The molecule has 0 amide bonds. The number of aromatic nitrogens is 1. The van der Waals surface area contributed by atoms with Crippen molar-refractivity contribution in [2.75, 3.05) is 0 Å². The summed E-state index contributed by atoms with van der Waals surface area (Å²) in [4.78, 5) is 4.59. The Morgan fingerprint density at radius 3 is 3.06 bits per heavy atom. The number of rotatable bonds is 1. The van der Waals surface area contributed by atoms with E-state index in [9.17, 15) is 0 Å². The fraction of sp³-hybridized carbons (Fsp3) is 0.533. The summed E-state index contributed by atoms with van der Waals surface area (Å²) in [7, 11) is 0. The number of nitrogens with two attached hydrogens (primary N) is 1. The first kappa shape index (κ1) is 11.7. The largest absolute Gasteiger partial charge is 0.439 e. The molecule has 0 spiro atoms. The molecule has 2 unspecified atom stereocenters. The van der Waals surface area contributed by atoms with E-state index in [1.165, 1.54) is 12.0 Å². The van der Waals surface area contributed by atoms with E-state index in [-0.39, 0.29) is 5.54 Å². The van der Waals surface area contributed by atoms with E-state index >= 15 is 0 Å². The molecule has 18 heavy (non-hydrogen) atoms. The van der Waals surface area contributed by atoms with E-state index in [0.29, 0.717) is 5.92 Å². The van der Waals surface area contributed by atoms with Gasteiger partial charge >= 0.3 is 0 Å². The van der Waals surface area contributed by atoms with Crippen molar-refractivity contribution in [3.8, 4) is 0 Å². The molecule has 0 aliphatic heterocycles. The molecule has 2 N–H and O–H groups in total. The van der Waals surface area contributed by atoms with Crippen LogP contribution in [-0.2, 0) is 5.54 Å². The Morgan fingerprint density at radius 2 is 2.28 bits per heavy atom. The van der Waals surface area contributed by atoms with Crippen molar-refractivity contribution < 1.29 is 4.42 Å². The van der Waals surface area contributed by atoms with Gasteiger partial charge in [0.05, 0.1) is 5.54 Å². The molecule has 0 saturated heterocycles. The van der Waals surface area contributed by atoms with Crippen molar-refractivity contribution >= 4 is 11.1 Å². The van der Waals surface area contributed by atoms with Crippen molar-refractivity contribution in [1.29, 1.82) is 0 Å². The highest BCUT2D eigenvalue weighted by Gasteiger charge is 2.37. The van der Waals surface area contributed by atoms with E-state index in [1.807, 2.05) is 12.1 Å². The van der Waals surface area contributed by atoms with E-state index in [4.69, 9.17) is 10.2 Å². The van der Waals surface area contributed by atoms with Gasteiger partial charge in [0.1, 0.15) is 5.52 Å². The molecular formula is C15H20N2O. The van der Waals surface area contributed by atoms with Gasteiger partial charge in [-0.15, -0.1) is 0 Å². The molecule has 1 heterocycles. The molecule has 3 nitrogen and oxygen atoms in total. The standard InChI is InChI=1S/C15H20N2O/c1-10-5-6-12-13(8-10)18-14(17-12)15(16)7-3-4-11(2)9-15/h5-6,8,11H,3-4,7,9,16H2,1-2H3. The zero-order valence-corrected chi connectivity index (χ0v) is 11.1. The van der Waals surface area contributed by atoms with E-state index in [0.717, 1.165) is 36.3 Å². The molecule has 1 saturated carbocycles. The zero-order valence-electron chi connectivity index (χ0n) is 11.1. The Kier molecular flexibility index (Phi) is 2.67. The maximum atomic E-state index is 6.52. The quantitative estimate of drug-likeness (QED) is 0.835. The van der Waals surface area contributed by atoms with Gasteiger partial charge in [0.15, 0.2) is 5.58 Å². The minimum absolute atomic E-state index is 0.370. The number of nitrogens with zero attached hydrogens (tertiary/aromatic N) is 1. The lowest BCUT2D eigenvalue weighted by Gasteiger charge is -2.33. The second kappa shape index (κ2) is 4.09. The van der Waals surface area contributed by atoms with Gasteiger partial charge in [-0.05, 0) is 43.4 Å². The van der Waals surface area contributed by atoms with E-state index in [2.05, 4.69) is 24.9 Å². The Hall–Kier alpha value is -1.35. The van der Waals surface area contributed by atoms with Gasteiger partial charge in [0, 0.05) is 0 Å². The van der Waals surface area contributed by atoms with Gasteiger partial charge in [0.25, 0.3) is 0 Å². The summed E-state index contributed by atoms with van der Waals surface area (Å²) in [5, 5.41) is 0. The highest BCUT2D eigenvalue weighted by molar-refractivity contribution is 5.73. The summed E-state index contributed by atoms with van der Waals surface area (Å²) >= 11 is 0. The predicted molar refractivity (Wildman–Crippen MR) is 72.2 cm³/mol. The van der Waals surface area contributed by atoms with Crippen LogP contribution in [0, 0.1) is 12.8 Å². The molecule has 1 aromatic carbocycles. The fourth-order valence-electron chi connectivity index (χ4n) is 3.03. The normalized spacial score (nSPS) is 28.7. The number of hydrogen-bond acceptors (Lipinski definition) is 3. The Morgan fingerprint density at radius 1 is 1.44 bits per heavy atom. The molecule has 1 aromatic heterocycles. The first-order chi connectivity index (χ1) is 8.57. The molecule has 1 aliphatic carbocycles. The maximum absolute atomic E-state index is 6.52. The van der Waals surface area contributed by atoms with Crippen LogP contribution >= 0.6 is 0 Å². The van der Waals surface area contributed by atoms with E-state index < -0.39 is 0 Å². The average molecular weight is 244 g/mol. The van der Waals surface area contributed by atoms with Crippen molar-refractivity contribution in [3.63, 3.8) is 0 Å². The van der Waals surface area contributed by atoms with Crippen LogP contribution < -0.4 is 5.73 Å². The minimum atomic E-state index is -0.370. The Balaban J connectivity index is 2.03. The number of aryl methyl sites for hydroxylation is 1. The van der Waals surface area contributed by atoms with Crippen LogP contribution in [0.5, 0.6) is 0 Å². The van der Waals surface area contributed by atoms with Crippen molar-refractivity contribution in [2.45, 2.75) is 45.1 Å².